The van der Waals surface area contributed by atoms with Crippen molar-refractivity contribution in [2.45, 2.75) is 45.6 Å². The van der Waals surface area contributed by atoms with Crippen molar-refractivity contribution in [3.05, 3.63) is 64.3 Å². The summed E-state index contributed by atoms with van der Waals surface area (Å²) in [6, 6.07) is 11.8. The lowest BCUT2D eigenvalue weighted by Crippen LogP contribution is -2.52. The molecule has 5 nitrogen and oxygen atoms in total. The molecule has 1 N–H and O–H groups in total. The van der Waals surface area contributed by atoms with Crippen LogP contribution in [0.1, 0.15) is 56.8 Å². The molecule has 0 saturated carbocycles. The fourth-order valence-corrected chi connectivity index (χ4v) is 4.73. The van der Waals surface area contributed by atoms with Crippen LogP contribution in [0.3, 0.4) is 0 Å². The van der Waals surface area contributed by atoms with Crippen LogP contribution in [-0.2, 0) is 0 Å². The quantitative estimate of drug-likeness (QED) is 0.640. The predicted molar refractivity (Wildman–Crippen MR) is 116 cm³/mol. The van der Waals surface area contributed by atoms with Gasteiger partial charge in [0.15, 0.2) is 5.78 Å². The lowest BCUT2D eigenvalue weighted by molar-refractivity contribution is -0.00575. The minimum absolute atomic E-state index is 0.0352. The van der Waals surface area contributed by atoms with E-state index in [1.807, 2.05) is 56.0 Å². The summed E-state index contributed by atoms with van der Waals surface area (Å²) in [4.78, 5) is 31.1. The Bertz CT molecular complexity index is 1180. The molecule has 0 radical (unpaired) electrons. The Morgan fingerprint density at radius 2 is 1.77 bits per heavy atom. The van der Waals surface area contributed by atoms with Gasteiger partial charge < -0.3 is 14.6 Å². The van der Waals surface area contributed by atoms with E-state index in [1.54, 1.807) is 0 Å². The molecule has 1 fully saturated rings. The maximum Gasteiger partial charge on any atom is 0.253 e. The van der Waals surface area contributed by atoms with Gasteiger partial charge in [0.1, 0.15) is 11.4 Å². The molecule has 0 atom stereocenters. The van der Waals surface area contributed by atoms with Crippen molar-refractivity contribution in [3.8, 4) is 5.75 Å². The Hall–Kier alpha value is -3.08. The molecule has 5 heteroatoms. The summed E-state index contributed by atoms with van der Waals surface area (Å²) in [7, 11) is 0. The number of aryl methyl sites for hydroxylation is 3. The van der Waals surface area contributed by atoms with Crippen LogP contribution in [0.5, 0.6) is 5.75 Å². The van der Waals surface area contributed by atoms with Crippen LogP contribution in [0, 0.1) is 20.8 Å². The van der Waals surface area contributed by atoms with Gasteiger partial charge in [-0.2, -0.15) is 0 Å². The Morgan fingerprint density at radius 1 is 1.03 bits per heavy atom. The molecule has 154 valence electrons. The second-order valence-corrected chi connectivity index (χ2v) is 8.86. The number of carbonyl (C=O) groups is 2. The molecular weight excluding hydrogens is 376 g/mol. The summed E-state index contributed by atoms with van der Waals surface area (Å²) < 4.78 is 6.40. The first kappa shape index (κ1) is 18.9. The van der Waals surface area contributed by atoms with E-state index in [0.717, 1.165) is 27.7 Å². The normalized spacial score (nSPS) is 17.8. The Balaban J connectivity index is 1.33. The van der Waals surface area contributed by atoms with Crippen LogP contribution in [0.4, 0.5) is 0 Å². The van der Waals surface area contributed by atoms with E-state index in [-0.39, 0.29) is 11.7 Å². The van der Waals surface area contributed by atoms with Gasteiger partial charge >= 0.3 is 0 Å². The Morgan fingerprint density at radius 3 is 2.53 bits per heavy atom. The molecule has 1 spiro atoms. The fraction of sp³-hybridized carbons (Fsp3) is 0.360. The molecule has 30 heavy (non-hydrogen) atoms. The summed E-state index contributed by atoms with van der Waals surface area (Å²) in [6.45, 7) is 7.25. The molecule has 2 aliphatic heterocycles. The van der Waals surface area contributed by atoms with Crippen molar-refractivity contribution in [2.75, 3.05) is 13.1 Å². The van der Waals surface area contributed by atoms with E-state index in [2.05, 4.69) is 11.1 Å². The zero-order valence-electron chi connectivity index (χ0n) is 17.7. The van der Waals surface area contributed by atoms with E-state index >= 15 is 0 Å². The Labute approximate surface area is 176 Å². The van der Waals surface area contributed by atoms with Gasteiger partial charge in [-0.05, 0) is 67.6 Å². The van der Waals surface area contributed by atoms with Crippen molar-refractivity contribution in [3.63, 3.8) is 0 Å². The molecular formula is C25H26N2O3. The molecule has 1 saturated heterocycles. The van der Waals surface area contributed by atoms with Gasteiger partial charge in [0, 0.05) is 42.7 Å². The number of carbonyl (C=O) groups excluding carboxylic acids is 2. The smallest absolute Gasteiger partial charge is 0.253 e. The van der Waals surface area contributed by atoms with Crippen molar-refractivity contribution in [1.29, 1.82) is 0 Å². The largest absolute Gasteiger partial charge is 0.486 e. The van der Waals surface area contributed by atoms with Gasteiger partial charge in [0.25, 0.3) is 5.91 Å². The highest BCUT2D eigenvalue weighted by molar-refractivity contribution is 6.01. The molecule has 3 heterocycles. The summed E-state index contributed by atoms with van der Waals surface area (Å²) in [5.41, 5.74) is 5.18. The van der Waals surface area contributed by atoms with E-state index in [9.17, 15) is 9.59 Å². The fourth-order valence-electron chi connectivity index (χ4n) is 4.73. The number of ketones is 1. The molecule has 1 aromatic heterocycles. The first-order valence-corrected chi connectivity index (χ1v) is 10.6. The number of aromatic amines is 1. The third-order valence-electron chi connectivity index (χ3n) is 6.67. The number of piperidine rings is 1. The van der Waals surface area contributed by atoms with Crippen molar-refractivity contribution < 1.29 is 14.3 Å². The van der Waals surface area contributed by atoms with E-state index < -0.39 is 5.60 Å². The molecule has 1 amide bonds. The number of aromatic nitrogens is 1. The van der Waals surface area contributed by atoms with Gasteiger partial charge in [-0.1, -0.05) is 6.07 Å². The predicted octanol–water partition coefficient (Wildman–Crippen LogP) is 4.73. The highest BCUT2D eigenvalue weighted by Gasteiger charge is 2.43. The Kier molecular flexibility index (Phi) is 4.24. The molecule has 0 aliphatic carbocycles. The average molecular weight is 402 g/mol. The number of amides is 1. The summed E-state index contributed by atoms with van der Waals surface area (Å²) in [5, 5.41) is 1.11. The summed E-state index contributed by atoms with van der Waals surface area (Å²) in [6.07, 6.45) is 1.72. The number of H-pyrrole nitrogens is 1. The van der Waals surface area contributed by atoms with Gasteiger partial charge in [0.05, 0.1) is 12.0 Å². The van der Waals surface area contributed by atoms with Crippen LogP contribution in [-0.4, -0.2) is 40.3 Å². The molecule has 3 aromatic rings. The second-order valence-electron chi connectivity index (χ2n) is 8.86. The molecule has 0 bridgehead atoms. The number of nitrogens with zero attached hydrogens (tertiary/aromatic N) is 1. The second kappa shape index (κ2) is 6.73. The van der Waals surface area contributed by atoms with Gasteiger partial charge in [-0.3, -0.25) is 9.59 Å². The average Bonchev–Trinajstić information content (AvgIpc) is 3.09. The number of rotatable bonds is 1. The first-order valence-electron chi connectivity index (χ1n) is 10.6. The molecule has 0 unspecified atom stereocenters. The zero-order chi connectivity index (χ0) is 21.0. The zero-order valence-corrected chi connectivity index (χ0v) is 17.7. The number of nitrogens with one attached hydrogen (secondary N) is 1. The van der Waals surface area contributed by atoms with Crippen LogP contribution in [0.2, 0.25) is 0 Å². The SMILES string of the molecule is Cc1cc2ccc(C(=O)N3CCC4(CC3)CC(=O)c3cc(C)c(C)cc3O4)cc2[nH]1. The highest BCUT2D eigenvalue weighted by atomic mass is 16.5. The minimum atomic E-state index is -0.497. The number of hydrogen-bond acceptors (Lipinski definition) is 3. The number of likely N-dealkylation sites (tertiary alicyclic amines) is 1. The standard InChI is InChI=1S/C25H26N2O3/c1-15-10-20-22(28)14-25(30-23(20)11-16(15)2)6-8-27(9-7-25)24(29)19-5-4-18-12-17(3)26-21(18)13-19/h4-5,10-13,26H,6-9,14H2,1-3H3. The number of fused-ring (bicyclic) bond motifs is 2. The third-order valence-corrected chi connectivity index (χ3v) is 6.67. The summed E-state index contributed by atoms with van der Waals surface area (Å²) >= 11 is 0. The van der Waals surface area contributed by atoms with E-state index in [4.69, 9.17) is 4.74 Å². The molecule has 2 aliphatic rings. The first-order chi connectivity index (χ1) is 14.3. The van der Waals surface area contributed by atoms with E-state index in [0.29, 0.717) is 49.2 Å². The van der Waals surface area contributed by atoms with Gasteiger partial charge in [-0.25, -0.2) is 0 Å². The van der Waals surface area contributed by atoms with Crippen molar-refractivity contribution >= 4 is 22.6 Å². The van der Waals surface area contributed by atoms with Crippen LogP contribution in [0.25, 0.3) is 10.9 Å². The number of ether oxygens (including phenoxy) is 1. The topological polar surface area (TPSA) is 62.4 Å². The van der Waals surface area contributed by atoms with Crippen molar-refractivity contribution in [1.82, 2.24) is 9.88 Å². The number of benzene rings is 2. The number of hydrogen-bond donors (Lipinski definition) is 1. The molecule has 5 rings (SSSR count). The van der Waals surface area contributed by atoms with Gasteiger partial charge in [-0.15, -0.1) is 0 Å². The maximum absolute atomic E-state index is 13.1. The lowest BCUT2D eigenvalue weighted by Gasteiger charge is -2.44. The van der Waals surface area contributed by atoms with E-state index in [1.165, 1.54) is 0 Å². The molecule has 2 aromatic carbocycles. The van der Waals surface area contributed by atoms with Crippen LogP contribution < -0.4 is 4.74 Å². The number of Topliss-reactive ketones (excluding diaryl/α,β-unsaturated/α-hetero) is 1. The lowest BCUT2D eigenvalue weighted by atomic mass is 9.81. The van der Waals surface area contributed by atoms with Gasteiger partial charge in [0.2, 0.25) is 0 Å². The van der Waals surface area contributed by atoms with Crippen molar-refractivity contribution in [2.24, 2.45) is 0 Å². The highest BCUT2D eigenvalue weighted by Crippen LogP contribution is 2.40. The van der Waals surface area contributed by atoms with Crippen LogP contribution >= 0.6 is 0 Å². The summed E-state index contributed by atoms with van der Waals surface area (Å²) in [5.74, 6) is 0.876. The minimum Gasteiger partial charge on any atom is -0.486 e. The van der Waals surface area contributed by atoms with Crippen LogP contribution in [0.15, 0.2) is 36.4 Å². The maximum atomic E-state index is 13.1. The third kappa shape index (κ3) is 3.09. The monoisotopic (exact) mass is 402 g/mol.